The van der Waals surface area contributed by atoms with Gasteiger partial charge in [-0.3, -0.25) is 13.9 Å². The fraction of sp³-hybridized carbons (Fsp3) is 0.235. The van der Waals surface area contributed by atoms with Crippen LogP contribution in [0.25, 0.3) is 0 Å². The van der Waals surface area contributed by atoms with Crippen molar-refractivity contribution >= 4 is 39.1 Å². The molecular weight excluding hydrogens is 601 g/mol. The summed E-state index contributed by atoms with van der Waals surface area (Å²) >= 11 is 6.25. The Kier molecular flexibility index (Phi) is 11.1. The van der Waals surface area contributed by atoms with Crippen molar-refractivity contribution in [2.45, 2.75) is 37.8 Å². The van der Waals surface area contributed by atoms with E-state index in [1.165, 1.54) is 47.4 Å². The van der Waals surface area contributed by atoms with E-state index in [1.807, 2.05) is 44.2 Å². The molecule has 0 spiro atoms. The molecule has 0 aliphatic heterocycles. The SMILES string of the molecule is CC(C)CNC(=O)C(Cc1ccccc1)N(Cc1ccc(F)cc1)C(=O)CN(c1cccc(Cl)c1)S(=O)(=O)c1ccccc1. The van der Waals surface area contributed by atoms with E-state index in [0.717, 1.165) is 9.87 Å². The highest BCUT2D eigenvalue weighted by Crippen LogP contribution is 2.27. The molecule has 4 rings (SSSR count). The van der Waals surface area contributed by atoms with Crippen LogP contribution in [0.5, 0.6) is 0 Å². The van der Waals surface area contributed by atoms with Crippen LogP contribution in [-0.4, -0.2) is 44.3 Å². The molecule has 2 amide bonds. The van der Waals surface area contributed by atoms with Crippen molar-refractivity contribution in [3.63, 3.8) is 0 Å². The molecule has 10 heteroatoms. The number of hydrogen-bond donors (Lipinski definition) is 1. The van der Waals surface area contributed by atoms with Gasteiger partial charge in [-0.15, -0.1) is 0 Å². The van der Waals surface area contributed by atoms with Gasteiger partial charge in [0.05, 0.1) is 10.6 Å². The Hall–Kier alpha value is -4.21. The maximum atomic E-state index is 14.4. The van der Waals surface area contributed by atoms with Crippen molar-refractivity contribution in [2.75, 3.05) is 17.4 Å². The molecule has 7 nitrogen and oxygen atoms in total. The minimum Gasteiger partial charge on any atom is -0.354 e. The highest BCUT2D eigenvalue weighted by atomic mass is 35.5. The summed E-state index contributed by atoms with van der Waals surface area (Å²) in [6.07, 6.45) is 0.181. The molecule has 1 N–H and O–H groups in total. The molecule has 230 valence electrons. The normalized spacial score (nSPS) is 12.0. The lowest BCUT2D eigenvalue weighted by molar-refractivity contribution is -0.140. The van der Waals surface area contributed by atoms with Crippen LogP contribution in [0.3, 0.4) is 0 Å². The third-order valence-electron chi connectivity index (χ3n) is 6.93. The molecular formula is C34H35ClFN3O4S. The molecule has 1 unspecified atom stereocenters. The Morgan fingerprint density at radius 1 is 0.841 bits per heavy atom. The average molecular weight is 636 g/mol. The number of anilines is 1. The van der Waals surface area contributed by atoms with E-state index < -0.39 is 34.3 Å². The van der Waals surface area contributed by atoms with E-state index >= 15 is 0 Å². The predicted octanol–water partition coefficient (Wildman–Crippen LogP) is 6.09. The molecule has 0 heterocycles. The first kappa shape index (κ1) is 32.7. The molecule has 0 bridgehead atoms. The zero-order chi connectivity index (χ0) is 31.7. The number of nitrogens with one attached hydrogen (secondary N) is 1. The first-order valence-electron chi connectivity index (χ1n) is 14.2. The largest absolute Gasteiger partial charge is 0.354 e. The molecule has 0 aliphatic rings. The van der Waals surface area contributed by atoms with Crippen LogP contribution in [0.2, 0.25) is 5.02 Å². The number of amides is 2. The molecule has 0 aromatic heterocycles. The van der Waals surface area contributed by atoms with Gasteiger partial charge in [-0.25, -0.2) is 12.8 Å². The van der Waals surface area contributed by atoms with Crippen molar-refractivity contribution < 1.29 is 22.4 Å². The van der Waals surface area contributed by atoms with Gasteiger partial charge in [0, 0.05) is 24.5 Å². The second kappa shape index (κ2) is 15.0. The first-order valence-corrected chi connectivity index (χ1v) is 16.1. The van der Waals surface area contributed by atoms with Crippen molar-refractivity contribution in [3.8, 4) is 0 Å². The zero-order valence-electron chi connectivity index (χ0n) is 24.6. The van der Waals surface area contributed by atoms with Crippen LogP contribution in [0.4, 0.5) is 10.1 Å². The van der Waals surface area contributed by atoms with E-state index in [9.17, 15) is 22.4 Å². The van der Waals surface area contributed by atoms with Gasteiger partial charge in [-0.2, -0.15) is 0 Å². The standard InChI is InChI=1S/C34H35ClFN3O4S/c1-25(2)22-37-34(41)32(20-26-10-5-3-6-11-26)38(23-27-16-18-29(36)19-17-27)33(40)24-39(30-13-9-12-28(35)21-30)44(42,43)31-14-7-4-8-15-31/h3-19,21,25,32H,20,22-24H2,1-2H3,(H,37,41). The Morgan fingerprint density at radius 2 is 1.48 bits per heavy atom. The van der Waals surface area contributed by atoms with Gasteiger partial charge in [-0.1, -0.05) is 92.2 Å². The number of hydrogen-bond acceptors (Lipinski definition) is 4. The highest BCUT2D eigenvalue weighted by Gasteiger charge is 2.34. The number of halogens is 2. The molecule has 0 radical (unpaired) electrons. The van der Waals surface area contributed by atoms with Gasteiger partial charge in [0.15, 0.2) is 0 Å². The topological polar surface area (TPSA) is 86.8 Å². The lowest BCUT2D eigenvalue weighted by Crippen LogP contribution is -2.53. The van der Waals surface area contributed by atoms with Crippen LogP contribution in [-0.2, 0) is 32.6 Å². The van der Waals surface area contributed by atoms with E-state index in [0.29, 0.717) is 17.1 Å². The van der Waals surface area contributed by atoms with E-state index in [1.54, 1.807) is 36.4 Å². The monoisotopic (exact) mass is 635 g/mol. The Morgan fingerprint density at radius 3 is 2.09 bits per heavy atom. The predicted molar refractivity (Wildman–Crippen MR) is 171 cm³/mol. The van der Waals surface area contributed by atoms with Crippen LogP contribution >= 0.6 is 11.6 Å². The van der Waals surface area contributed by atoms with Gasteiger partial charge in [-0.05, 0) is 59.5 Å². The minimum absolute atomic E-state index is 0.00614. The maximum absolute atomic E-state index is 14.4. The van der Waals surface area contributed by atoms with E-state index in [4.69, 9.17) is 11.6 Å². The quantitative estimate of drug-likeness (QED) is 0.193. The second-order valence-electron chi connectivity index (χ2n) is 10.8. The summed E-state index contributed by atoms with van der Waals surface area (Å²) < 4.78 is 42.7. The Labute approximate surface area is 263 Å². The van der Waals surface area contributed by atoms with Gasteiger partial charge < -0.3 is 10.2 Å². The first-order chi connectivity index (χ1) is 21.0. The fourth-order valence-electron chi connectivity index (χ4n) is 4.64. The molecule has 0 saturated heterocycles. The lowest BCUT2D eigenvalue weighted by Gasteiger charge is -2.34. The maximum Gasteiger partial charge on any atom is 0.264 e. The minimum atomic E-state index is -4.23. The third-order valence-corrected chi connectivity index (χ3v) is 8.95. The van der Waals surface area contributed by atoms with Crippen molar-refractivity contribution in [1.29, 1.82) is 0 Å². The van der Waals surface area contributed by atoms with Crippen LogP contribution < -0.4 is 9.62 Å². The van der Waals surface area contributed by atoms with Crippen molar-refractivity contribution in [3.05, 3.63) is 131 Å². The number of carbonyl (C=O) groups excluding carboxylic acids is 2. The molecule has 0 fully saturated rings. The third kappa shape index (κ3) is 8.67. The van der Waals surface area contributed by atoms with Crippen LogP contribution in [0.1, 0.15) is 25.0 Å². The number of sulfonamides is 1. The van der Waals surface area contributed by atoms with Gasteiger partial charge in [0.1, 0.15) is 18.4 Å². The summed E-state index contributed by atoms with van der Waals surface area (Å²) in [5.41, 5.74) is 1.59. The van der Waals surface area contributed by atoms with Crippen molar-refractivity contribution in [2.24, 2.45) is 5.92 Å². The van der Waals surface area contributed by atoms with Crippen molar-refractivity contribution in [1.82, 2.24) is 10.2 Å². The summed E-state index contributed by atoms with van der Waals surface area (Å²) in [7, 11) is -4.23. The van der Waals surface area contributed by atoms with E-state index in [-0.39, 0.29) is 35.4 Å². The molecule has 0 saturated carbocycles. The molecule has 44 heavy (non-hydrogen) atoms. The zero-order valence-corrected chi connectivity index (χ0v) is 26.1. The Bertz CT molecular complexity index is 1650. The highest BCUT2D eigenvalue weighted by molar-refractivity contribution is 7.92. The van der Waals surface area contributed by atoms with Crippen LogP contribution in [0, 0.1) is 11.7 Å². The molecule has 1 atom stereocenters. The summed E-state index contributed by atoms with van der Waals surface area (Å²) in [4.78, 5) is 29.5. The number of carbonyl (C=O) groups is 2. The smallest absolute Gasteiger partial charge is 0.264 e. The summed E-state index contributed by atoms with van der Waals surface area (Å²) in [6.45, 7) is 3.65. The summed E-state index contributed by atoms with van der Waals surface area (Å²) in [6, 6.07) is 27.9. The molecule has 4 aromatic rings. The van der Waals surface area contributed by atoms with Gasteiger partial charge in [0.2, 0.25) is 11.8 Å². The van der Waals surface area contributed by atoms with Crippen LogP contribution in [0.15, 0.2) is 114 Å². The number of rotatable bonds is 13. The number of benzene rings is 4. The number of nitrogens with zero attached hydrogens (tertiary/aromatic N) is 2. The van der Waals surface area contributed by atoms with Gasteiger partial charge in [0.25, 0.3) is 10.0 Å². The molecule has 4 aromatic carbocycles. The summed E-state index contributed by atoms with van der Waals surface area (Å²) in [5, 5.41) is 3.23. The molecule has 0 aliphatic carbocycles. The lowest BCUT2D eigenvalue weighted by atomic mass is 10.0. The van der Waals surface area contributed by atoms with E-state index in [2.05, 4.69) is 5.32 Å². The Balaban J connectivity index is 1.79. The average Bonchev–Trinajstić information content (AvgIpc) is 3.02. The second-order valence-corrected chi connectivity index (χ2v) is 13.1. The summed E-state index contributed by atoms with van der Waals surface area (Å²) in [5.74, 6) is -1.28. The fourth-order valence-corrected chi connectivity index (χ4v) is 6.25. The van der Waals surface area contributed by atoms with Gasteiger partial charge >= 0.3 is 0 Å².